The second-order valence-corrected chi connectivity index (χ2v) is 5.85. The number of rotatable bonds is 3. The minimum atomic E-state index is 0.550. The number of carbonyl (C=O) groups is 1. The van der Waals surface area contributed by atoms with Crippen molar-refractivity contribution in [1.82, 2.24) is 4.90 Å². The molecule has 104 valence electrons. The van der Waals surface area contributed by atoms with Crippen LogP contribution in [-0.2, 0) is 0 Å². The maximum absolute atomic E-state index is 10.7. The first-order valence-corrected chi connectivity index (χ1v) is 7.10. The first-order chi connectivity index (χ1) is 9.02. The molecule has 0 N–H and O–H groups in total. The van der Waals surface area contributed by atoms with Crippen LogP contribution in [0.15, 0.2) is 24.3 Å². The van der Waals surface area contributed by atoms with Crippen molar-refractivity contribution in [3.63, 3.8) is 0 Å². The van der Waals surface area contributed by atoms with Gasteiger partial charge in [0.15, 0.2) is 0 Å². The summed E-state index contributed by atoms with van der Waals surface area (Å²) in [7, 11) is 0. The lowest BCUT2D eigenvalue weighted by Crippen LogP contribution is -2.58. The van der Waals surface area contributed by atoms with Crippen molar-refractivity contribution >= 4 is 12.0 Å². The van der Waals surface area contributed by atoms with Crippen molar-refractivity contribution in [3.05, 3.63) is 29.8 Å². The highest BCUT2D eigenvalue weighted by molar-refractivity contribution is 5.75. The van der Waals surface area contributed by atoms with Crippen molar-refractivity contribution in [3.8, 4) is 0 Å². The van der Waals surface area contributed by atoms with Gasteiger partial charge in [-0.2, -0.15) is 0 Å². The summed E-state index contributed by atoms with van der Waals surface area (Å²) in [4.78, 5) is 15.7. The summed E-state index contributed by atoms with van der Waals surface area (Å²) in [6, 6.07) is 9.58. The Kier molecular flexibility index (Phi) is 4.25. The molecule has 2 unspecified atom stereocenters. The summed E-state index contributed by atoms with van der Waals surface area (Å²) >= 11 is 0. The summed E-state index contributed by atoms with van der Waals surface area (Å²) in [5, 5.41) is 0. The van der Waals surface area contributed by atoms with Gasteiger partial charge in [-0.05, 0) is 52.0 Å². The van der Waals surface area contributed by atoms with Crippen molar-refractivity contribution in [1.29, 1.82) is 0 Å². The predicted molar refractivity (Wildman–Crippen MR) is 79.9 cm³/mol. The Bertz CT molecular complexity index is 415. The molecule has 19 heavy (non-hydrogen) atoms. The van der Waals surface area contributed by atoms with Crippen LogP contribution in [0, 0.1) is 0 Å². The van der Waals surface area contributed by atoms with E-state index in [1.54, 1.807) is 0 Å². The zero-order chi connectivity index (χ0) is 14.0. The maximum Gasteiger partial charge on any atom is 0.150 e. The zero-order valence-corrected chi connectivity index (χ0v) is 12.3. The lowest BCUT2D eigenvalue weighted by molar-refractivity contribution is 0.0954. The van der Waals surface area contributed by atoms with E-state index in [0.29, 0.717) is 18.1 Å². The highest BCUT2D eigenvalue weighted by Crippen LogP contribution is 2.24. The van der Waals surface area contributed by atoms with Gasteiger partial charge in [-0.25, -0.2) is 0 Å². The van der Waals surface area contributed by atoms with Crippen LogP contribution >= 0.6 is 0 Å². The van der Waals surface area contributed by atoms with Gasteiger partial charge in [0.05, 0.1) is 0 Å². The highest BCUT2D eigenvalue weighted by Gasteiger charge is 2.30. The molecule has 0 saturated carbocycles. The number of benzene rings is 1. The summed E-state index contributed by atoms with van der Waals surface area (Å²) in [5.74, 6) is 0. The third-order valence-corrected chi connectivity index (χ3v) is 3.98. The molecular formula is C16H24N2O. The van der Waals surface area contributed by atoms with Crippen LogP contribution in [0.3, 0.4) is 0 Å². The van der Waals surface area contributed by atoms with Gasteiger partial charge in [-0.15, -0.1) is 0 Å². The van der Waals surface area contributed by atoms with Gasteiger partial charge in [-0.3, -0.25) is 9.69 Å². The van der Waals surface area contributed by atoms with Crippen molar-refractivity contribution in [2.24, 2.45) is 0 Å². The molecule has 0 radical (unpaired) electrons. The topological polar surface area (TPSA) is 23.6 Å². The van der Waals surface area contributed by atoms with E-state index in [4.69, 9.17) is 0 Å². The van der Waals surface area contributed by atoms with Crippen LogP contribution < -0.4 is 4.90 Å². The van der Waals surface area contributed by atoms with Gasteiger partial charge in [0.2, 0.25) is 0 Å². The van der Waals surface area contributed by atoms with Gasteiger partial charge >= 0.3 is 0 Å². The molecule has 1 saturated heterocycles. The first-order valence-electron chi connectivity index (χ1n) is 7.10. The average molecular weight is 260 g/mol. The zero-order valence-electron chi connectivity index (χ0n) is 12.3. The van der Waals surface area contributed by atoms with E-state index in [1.165, 1.54) is 5.69 Å². The Labute approximate surface area is 116 Å². The van der Waals surface area contributed by atoms with Gasteiger partial charge in [0.1, 0.15) is 6.29 Å². The van der Waals surface area contributed by atoms with E-state index in [9.17, 15) is 4.79 Å². The molecule has 0 spiro atoms. The minimum absolute atomic E-state index is 0.550. The van der Waals surface area contributed by atoms with E-state index in [-0.39, 0.29) is 0 Å². The Morgan fingerprint density at radius 2 is 1.63 bits per heavy atom. The van der Waals surface area contributed by atoms with Crippen LogP contribution in [0.4, 0.5) is 5.69 Å². The maximum atomic E-state index is 10.7. The van der Waals surface area contributed by atoms with E-state index < -0.39 is 0 Å². The molecule has 0 aromatic heterocycles. The van der Waals surface area contributed by atoms with Gasteiger partial charge in [0.25, 0.3) is 0 Å². The number of carbonyl (C=O) groups excluding carboxylic acids is 1. The number of aldehydes is 1. The normalized spacial score (nSPS) is 24.8. The fourth-order valence-corrected chi connectivity index (χ4v) is 3.33. The van der Waals surface area contributed by atoms with Crippen LogP contribution in [0.25, 0.3) is 0 Å². The molecule has 3 nitrogen and oxygen atoms in total. The molecule has 1 fully saturated rings. The lowest BCUT2D eigenvalue weighted by atomic mass is 10.0. The lowest BCUT2D eigenvalue weighted by Gasteiger charge is -2.47. The highest BCUT2D eigenvalue weighted by atomic mass is 16.1. The van der Waals surface area contributed by atoms with E-state index >= 15 is 0 Å². The molecule has 1 heterocycles. The summed E-state index contributed by atoms with van der Waals surface area (Å²) in [5.41, 5.74) is 1.96. The summed E-state index contributed by atoms with van der Waals surface area (Å²) in [6.45, 7) is 11.2. The molecule has 3 heteroatoms. The average Bonchev–Trinajstić information content (AvgIpc) is 2.37. The van der Waals surface area contributed by atoms with Crippen molar-refractivity contribution in [2.45, 2.75) is 45.8 Å². The summed E-state index contributed by atoms with van der Waals surface area (Å²) < 4.78 is 0. The number of anilines is 1. The smallest absolute Gasteiger partial charge is 0.150 e. The molecule has 1 aliphatic rings. The van der Waals surface area contributed by atoms with Crippen LogP contribution in [0.2, 0.25) is 0 Å². The van der Waals surface area contributed by atoms with Crippen molar-refractivity contribution < 1.29 is 4.79 Å². The number of nitrogens with zero attached hydrogens (tertiary/aromatic N) is 2. The summed E-state index contributed by atoms with van der Waals surface area (Å²) in [6.07, 6.45) is 0.895. The fraction of sp³-hybridized carbons (Fsp3) is 0.562. The molecule has 2 rings (SSSR count). The minimum Gasteiger partial charge on any atom is -0.368 e. The molecule has 0 amide bonds. The van der Waals surface area contributed by atoms with Gasteiger partial charge in [0, 0.05) is 42.5 Å². The van der Waals surface area contributed by atoms with E-state index in [1.807, 2.05) is 24.3 Å². The standard InChI is InChI=1S/C16H24N2O/c1-12(2)18-13(3)9-17(10-14(18)4)16-7-5-15(11-19)6-8-16/h5-8,11-14H,9-10H2,1-4H3. The molecular weight excluding hydrogens is 236 g/mol. The predicted octanol–water partition coefficient (Wildman–Crippen LogP) is 2.81. The molecule has 1 aromatic rings. The van der Waals surface area contributed by atoms with Crippen LogP contribution in [0.1, 0.15) is 38.1 Å². The van der Waals surface area contributed by atoms with E-state index in [2.05, 4.69) is 37.5 Å². The monoisotopic (exact) mass is 260 g/mol. The fourth-order valence-electron chi connectivity index (χ4n) is 3.33. The number of hydrogen-bond donors (Lipinski definition) is 0. The molecule has 2 atom stereocenters. The largest absolute Gasteiger partial charge is 0.368 e. The third kappa shape index (κ3) is 2.98. The molecule has 1 aromatic carbocycles. The SMILES string of the molecule is CC(C)N1C(C)CN(c2ccc(C=O)cc2)CC1C. The first kappa shape index (κ1) is 14.1. The molecule has 1 aliphatic heterocycles. The van der Waals surface area contributed by atoms with Crippen molar-refractivity contribution in [2.75, 3.05) is 18.0 Å². The third-order valence-electron chi connectivity index (χ3n) is 3.98. The van der Waals surface area contributed by atoms with Gasteiger partial charge in [-0.1, -0.05) is 0 Å². The Hall–Kier alpha value is -1.35. The van der Waals surface area contributed by atoms with Gasteiger partial charge < -0.3 is 4.90 Å². The van der Waals surface area contributed by atoms with Crippen LogP contribution in [0.5, 0.6) is 0 Å². The molecule has 0 aliphatic carbocycles. The molecule has 0 bridgehead atoms. The second kappa shape index (κ2) is 5.74. The quantitative estimate of drug-likeness (QED) is 0.781. The Morgan fingerprint density at radius 1 is 1.11 bits per heavy atom. The number of piperazine rings is 1. The van der Waals surface area contributed by atoms with E-state index in [0.717, 1.165) is 24.9 Å². The second-order valence-electron chi connectivity index (χ2n) is 5.85. The van der Waals surface area contributed by atoms with Crippen LogP contribution in [-0.4, -0.2) is 42.4 Å². The Balaban J connectivity index is 2.12. The number of hydrogen-bond acceptors (Lipinski definition) is 3. The Morgan fingerprint density at radius 3 is 2.05 bits per heavy atom.